The van der Waals surface area contributed by atoms with Crippen LogP contribution in [0.25, 0.3) is 0 Å². The van der Waals surface area contributed by atoms with E-state index in [0.717, 1.165) is 25.7 Å². The largest absolute Gasteiger partial charge is 0.442 e. The van der Waals surface area contributed by atoms with Gasteiger partial charge in [-0.15, -0.1) is 0 Å². The van der Waals surface area contributed by atoms with Crippen molar-refractivity contribution in [3.05, 3.63) is 46.8 Å². The molecule has 2 saturated carbocycles. The Bertz CT molecular complexity index is 681. The van der Waals surface area contributed by atoms with E-state index in [0.29, 0.717) is 30.4 Å². The van der Waals surface area contributed by atoms with Crippen molar-refractivity contribution in [2.45, 2.75) is 76.3 Å². The molecule has 0 N–H and O–H groups in total. The number of alkyl halides is 3. The lowest BCUT2D eigenvalue weighted by Gasteiger charge is -2.29. The predicted molar refractivity (Wildman–Crippen MR) is 96.7 cm³/mol. The summed E-state index contributed by atoms with van der Waals surface area (Å²) in [7, 11) is 0. The van der Waals surface area contributed by atoms with Gasteiger partial charge in [0.05, 0.1) is 0 Å². The van der Waals surface area contributed by atoms with Crippen molar-refractivity contribution >= 4 is 0 Å². The lowest BCUT2D eigenvalue weighted by molar-refractivity contribution is -0.109. The molecule has 156 valence electrons. The first-order valence-corrected chi connectivity index (χ1v) is 10.1. The van der Waals surface area contributed by atoms with Gasteiger partial charge in [-0.05, 0) is 86.0 Å². The van der Waals surface area contributed by atoms with Crippen LogP contribution in [0.1, 0.15) is 81.3 Å². The molecule has 0 aliphatic heterocycles. The minimum absolute atomic E-state index is 0.0339. The maximum Gasteiger partial charge on any atom is 0.442 e. The molecule has 0 radical (unpaired) electrons. The average molecular weight is 404 g/mol. The number of halogens is 6. The van der Waals surface area contributed by atoms with Crippen molar-refractivity contribution in [2.75, 3.05) is 0 Å². The third kappa shape index (κ3) is 4.93. The summed E-state index contributed by atoms with van der Waals surface area (Å²) >= 11 is 0. The molecule has 0 atom stereocenters. The molecule has 0 heterocycles. The summed E-state index contributed by atoms with van der Waals surface area (Å²) in [6.45, 7) is 2.19. The molecular weight excluding hydrogens is 378 g/mol. The normalized spacial score (nSPS) is 29.8. The van der Waals surface area contributed by atoms with E-state index < -0.39 is 29.6 Å². The quantitative estimate of drug-likeness (QED) is 0.449. The van der Waals surface area contributed by atoms with Crippen LogP contribution in [-0.4, -0.2) is 6.18 Å². The third-order valence-corrected chi connectivity index (χ3v) is 6.42. The van der Waals surface area contributed by atoms with E-state index in [2.05, 4.69) is 6.92 Å². The predicted octanol–water partition coefficient (Wildman–Crippen LogP) is 7.95. The maximum absolute atomic E-state index is 14.7. The fourth-order valence-electron chi connectivity index (χ4n) is 4.70. The van der Waals surface area contributed by atoms with Crippen LogP contribution in [0.5, 0.6) is 0 Å². The molecule has 1 aromatic rings. The van der Waals surface area contributed by atoms with Gasteiger partial charge in [0, 0.05) is 5.56 Å². The molecule has 2 aliphatic rings. The van der Waals surface area contributed by atoms with Gasteiger partial charge in [-0.3, -0.25) is 0 Å². The Balaban J connectivity index is 1.68. The highest BCUT2D eigenvalue weighted by atomic mass is 19.4. The monoisotopic (exact) mass is 404 g/mol. The van der Waals surface area contributed by atoms with Crippen LogP contribution in [-0.2, 0) is 0 Å². The van der Waals surface area contributed by atoms with Crippen LogP contribution in [0, 0.1) is 23.5 Å². The fourth-order valence-corrected chi connectivity index (χ4v) is 4.70. The highest BCUT2D eigenvalue weighted by Gasteiger charge is 2.36. The Morgan fingerprint density at radius 2 is 1.36 bits per heavy atom. The van der Waals surface area contributed by atoms with E-state index in [4.69, 9.17) is 0 Å². The maximum atomic E-state index is 14.7. The van der Waals surface area contributed by atoms with Gasteiger partial charge in [0.25, 0.3) is 0 Å². The van der Waals surface area contributed by atoms with Crippen molar-refractivity contribution in [1.82, 2.24) is 0 Å². The molecule has 0 unspecified atom stereocenters. The molecule has 0 saturated heterocycles. The topological polar surface area (TPSA) is 0 Å². The highest BCUT2D eigenvalue weighted by molar-refractivity contribution is 5.32. The zero-order valence-corrected chi connectivity index (χ0v) is 16.0. The number of hydrogen-bond donors (Lipinski definition) is 0. The minimum atomic E-state index is -4.97. The van der Waals surface area contributed by atoms with Crippen LogP contribution < -0.4 is 0 Å². The van der Waals surface area contributed by atoms with Gasteiger partial charge >= 0.3 is 6.18 Å². The van der Waals surface area contributed by atoms with Gasteiger partial charge in [-0.25, -0.2) is 13.2 Å². The molecule has 6 heteroatoms. The SMILES string of the molecule is CC1CCC(c2cc(F)c(C3CCC(C=C(F)C(F)(F)F)CC3)c(F)c2)CC1. The molecule has 0 bridgehead atoms. The van der Waals surface area contributed by atoms with Crippen LogP contribution >= 0.6 is 0 Å². The number of rotatable bonds is 3. The summed E-state index contributed by atoms with van der Waals surface area (Å²) in [5.74, 6) is -3.30. The number of benzene rings is 1. The first-order chi connectivity index (χ1) is 13.1. The molecule has 0 aromatic heterocycles. The molecule has 0 nitrogen and oxygen atoms in total. The summed E-state index contributed by atoms with van der Waals surface area (Å²) < 4.78 is 79.5. The van der Waals surface area contributed by atoms with E-state index in [-0.39, 0.29) is 30.2 Å². The smallest absolute Gasteiger partial charge is 0.207 e. The Kier molecular flexibility index (Phi) is 6.45. The molecule has 1 aromatic carbocycles. The first-order valence-electron chi connectivity index (χ1n) is 10.1. The summed E-state index contributed by atoms with van der Waals surface area (Å²) in [5, 5.41) is 0. The van der Waals surface area contributed by atoms with Gasteiger partial charge in [0.1, 0.15) is 11.6 Å². The number of hydrogen-bond acceptors (Lipinski definition) is 0. The minimum Gasteiger partial charge on any atom is -0.207 e. The zero-order valence-electron chi connectivity index (χ0n) is 16.0. The molecule has 28 heavy (non-hydrogen) atoms. The van der Waals surface area contributed by atoms with Crippen LogP contribution in [0.4, 0.5) is 26.3 Å². The summed E-state index contributed by atoms with van der Waals surface area (Å²) in [6, 6.07) is 2.88. The van der Waals surface area contributed by atoms with E-state index in [1.807, 2.05) is 0 Å². The standard InChI is InChI=1S/C22H26F6/c1-13-2-6-15(7-3-13)17-11-18(23)21(19(24)12-17)16-8-4-14(5-9-16)10-20(25)22(26,27)28/h10-16H,2-9H2,1H3. The zero-order chi connectivity index (χ0) is 20.5. The Morgan fingerprint density at radius 1 is 0.857 bits per heavy atom. The lowest BCUT2D eigenvalue weighted by atomic mass is 9.76. The second-order valence-electron chi connectivity index (χ2n) is 8.48. The highest BCUT2D eigenvalue weighted by Crippen LogP contribution is 2.42. The second kappa shape index (κ2) is 8.50. The van der Waals surface area contributed by atoms with Gasteiger partial charge < -0.3 is 0 Å². The molecular formula is C22H26F6. The van der Waals surface area contributed by atoms with E-state index in [9.17, 15) is 26.3 Å². The van der Waals surface area contributed by atoms with Crippen molar-refractivity contribution in [3.8, 4) is 0 Å². The summed E-state index contributed by atoms with van der Waals surface area (Å²) in [5.41, 5.74) is 0.737. The van der Waals surface area contributed by atoms with Gasteiger partial charge in [-0.1, -0.05) is 19.8 Å². The van der Waals surface area contributed by atoms with Gasteiger partial charge in [0.15, 0.2) is 5.83 Å². The average Bonchev–Trinajstić information content (AvgIpc) is 2.62. The molecule has 2 aliphatic carbocycles. The molecule has 3 rings (SSSR count). The van der Waals surface area contributed by atoms with Crippen molar-refractivity contribution < 1.29 is 26.3 Å². The lowest BCUT2D eigenvalue weighted by Crippen LogP contribution is -2.17. The second-order valence-corrected chi connectivity index (χ2v) is 8.48. The van der Waals surface area contributed by atoms with Crippen LogP contribution in [0.3, 0.4) is 0 Å². The molecule has 2 fully saturated rings. The van der Waals surface area contributed by atoms with Crippen molar-refractivity contribution in [2.24, 2.45) is 11.8 Å². The Hall–Kier alpha value is -1.46. The summed E-state index contributed by atoms with van der Waals surface area (Å²) in [6.07, 6.45) is 0.885. The van der Waals surface area contributed by atoms with Crippen LogP contribution in [0.2, 0.25) is 0 Å². The van der Waals surface area contributed by atoms with E-state index in [1.54, 1.807) is 0 Å². The fraction of sp³-hybridized carbons (Fsp3) is 0.636. The Labute approximate surface area is 162 Å². The number of allylic oxidation sites excluding steroid dienone is 2. The Morgan fingerprint density at radius 3 is 1.86 bits per heavy atom. The van der Waals surface area contributed by atoms with Gasteiger partial charge in [0.2, 0.25) is 0 Å². The first kappa shape index (κ1) is 21.3. The molecule has 0 spiro atoms. The van der Waals surface area contributed by atoms with Crippen LogP contribution in [0.15, 0.2) is 24.0 Å². The summed E-state index contributed by atoms with van der Waals surface area (Å²) in [4.78, 5) is 0. The van der Waals surface area contributed by atoms with E-state index in [1.165, 1.54) is 12.1 Å². The van der Waals surface area contributed by atoms with E-state index >= 15 is 0 Å². The molecule has 0 amide bonds. The van der Waals surface area contributed by atoms with Crippen molar-refractivity contribution in [1.29, 1.82) is 0 Å². The van der Waals surface area contributed by atoms with Crippen molar-refractivity contribution in [3.63, 3.8) is 0 Å². The third-order valence-electron chi connectivity index (χ3n) is 6.42. The van der Waals surface area contributed by atoms with Gasteiger partial charge in [-0.2, -0.15) is 13.2 Å².